The van der Waals surface area contributed by atoms with Gasteiger partial charge < -0.3 is 5.32 Å². The molecule has 0 fully saturated rings. The maximum absolute atomic E-state index is 13.4. The van der Waals surface area contributed by atoms with E-state index in [1.165, 1.54) is 23.5 Å². The van der Waals surface area contributed by atoms with Gasteiger partial charge in [-0.15, -0.1) is 11.3 Å². The largest absolute Gasteiger partial charge is 0.378 e. The van der Waals surface area contributed by atoms with Gasteiger partial charge in [0, 0.05) is 20.9 Å². The van der Waals surface area contributed by atoms with Crippen molar-refractivity contribution in [2.45, 2.75) is 6.54 Å². The molecule has 1 N–H and O–H groups in total. The second-order valence-electron chi connectivity index (χ2n) is 3.31. The number of nitrogens with one attached hydrogen (secondary N) is 1. The van der Waals surface area contributed by atoms with Gasteiger partial charge in [0.1, 0.15) is 10.2 Å². The first-order valence-electron chi connectivity index (χ1n) is 4.69. The second kappa shape index (κ2) is 5.57. The molecule has 0 saturated heterocycles. The molecular weight excluding hydrogens is 348 g/mol. The summed E-state index contributed by atoms with van der Waals surface area (Å²) in [6.07, 6.45) is 0. The van der Waals surface area contributed by atoms with Crippen molar-refractivity contribution in [1.82, 2.24) is 0 Å². The fourth-order valence-corrected chi connectivity index (χ4v) is 3.20. The molecular formula is C11H7BrCl2FNS. The number of rotatable bonds is 3. The average Bonchev–Trinajstić information content (AvgIpc) is 2.60. The summed E-state index contributed by atoms with van der Waals surface area (Å²) in [5.74, 6) is -0.323. The lowest BCUT2D eigenvalue weighted by molar-refractivity contribution is 0.630. The highest BCUT2D eigenvalue weighted by molar-refractivity contribution is 9.10. The summed E-state index contributed by atoms with van der Waals surface area (Å²) >= 11 is 16.5. The van der Waals surface area contributed by atoms with E-state index in [1.807, 2.05) is 6.07 Å². The van der Waals surface area contributed by atoms with Gasteiger partial charge in [0.05, 0.1) is 5.69 Å². The van der Waals surface area contributed by atoms with Crippen LogP contribution in [-0.4, -0.2) is 0 Å². The zero-order valence-corrected chi connectivity index (χ0v) is 12.4. The van der Waals surface area contributed by atoms with Crippen molar-refractivity contribution in [3.05, 3.63) is 48.8 Å². The first kappa shape index (κ1) is 13.1. The molecule has 0 aliphatic carbocycles. The van der Waals surface area contributed by atoms with E-state index in [0.29, 0.717) is 21.6 Å². The molecule has 1 aromatic carbocycles. The quantitative estimate of drug-likeness (QED) is 0.759. The number of halogens is 4. The van der Waals surface area contributed by atoms with E-state index in [0.717, 1.165) is 9.35 Å². The zero-order valence-electron chi connectivity index (χ0n) is 8.44. The minimum atomic E-state index is -0.323. The van der Waals surface area contributed by atoms with Crippen molar-refractivity contribution in [3.8, 4) is 0 Å². The van der Waals surface area contributed by atoms with Crippen LogP contribution in [0.25, 0.3) is 0 Å². The molecule has 1 nitrogen and oxygen atoms in total. The standard InChI is InChI=1S/C11H7BrCl2FNS/c12-8-4-7(17-11(8)14)5-16-10-3-6(13)1-2-9(10)15/h1-4,16H,5H2. The summed E-state index contributed by atoms with van der Waals surface area (Å²) < 4.78 is 14.9. The Morgan fingerprint density at radius 2 is 2.06 bits per heavy atom. The minimum absolute atomic E-state index is 0.323. The highest BCUT2D eigenvalue weighted by atomic mass is 79.9. The first-order chi connectivity index (χ1) is 8.06. The van der Waals surface area contributed by atoms with Crippen LogP contribution in [0.15, 0.2) is 28.7 Å². The first-order valence-corrected chi connectivity index (χ1v) is 7.05. The lowest BCUT2D eigenvalue weighted by atomic mass is 10.3. The normalized spacial score (nSPS) is 10.6. The van der Waals surface area contributed by atoms with Crippen molar-refractivity contribution in [2.75, 3.05) is 5.32 Å². The number of thiophene rings is 1. The van der Waals surface area contributed by atoms with Crippen LogP contribution in [0, 0.1) is 5.82 Å². The Bertz CT molecular complexity index is 525. The van der Waals surface area contributed by atoms with Crippen LogP contribution in [0.4, 0.5) is 10.1 Å². The van der Waals surface area contributed by atoms with Gasteiger partial charge >= 0.3 is 0 Å². The lowest BCUT2D eigenvalue weighted by Crippen LogP contribution is -1.99. The Balaban J connectivity index is 2.09. The molecule has 2 rings (SSSR count). The Kier molecular flexibility index (Phi) is 4.31. The number of anilines is 1. The van der Waals surface area contributed by atoms with E-state index in [4.69, 9.17) is 23.2 Å². The lowest BCUT2D eigenvalue weighted by Gasteiger charge is -2.06. The smallest absolute Gasteiger partial charge is 0.146 e. The maximum Gasteiger partial charge on any atom is 0.146 e. The molecule has 90 valence electrons. The summed E-state index contributed by atoms with van der Waals surface area (Å²) in [5, 5.41) is 3.48. The van der Waals surface area contributed by atoms with Crippen molar-refractivity contribution in [3.63, 3.8) is 0 Å². The van der Waals surface area contributed by atoms with E-state index in [2.05, 4.69) is 21.2 Å². The second-order valence-corrected chi connectivity index (χ2v) is 6.34. The molecule has 0 unspecified atom stereocenters. The van der Waals surface area contributed by atoms with Gasteiger partial charge in [-0.25, -0.2) is 4.39 Å². The molecule has 6 heteroatoms. The van der Waals surface area contributed by atoms with Crippen LogP contribution in [-0.2, 0) is 6.54 Å². The van der Waals surface area contributed by atoms with E-state index < -0.39 is 0 Å². The van der Waals surface area contributed by atoms with E-state index in [-0.39, 0.29) is 5.82 Å². The van der Waals surface area contributed by atoms with Crippen molar-refractivity contribution in [1.29, 1.82) is 0 Å². The Morgan fingerprint density at radius 1 is 1.29 bits per heavy atom. The molecule has 1 aromatic heterocycles. The zero-order chi connectivity index (χ0) is 12.4. The van der Waals surface area contributed by atoms with Crippen LogP contribution in [0.1, 0.15) is 4.88 Å². The highest BCUT2D eigenvalue weighted by Gasteiger charge is 2.06. The Hall–Kier alpha value is -0.290. The summed E-state index contributed by atoms with van der Waals surface area (Å²) in [6, 6.07) is 6.31. The molecule has 0 saturated carbocycles. The van der Waals surface area contributed by atoms with Crippen LogP contribution in [0.5, 0.6) is 0 Å². The molecule has 0 amide bonds. The van der Waals surface area contributed by atoms with Gasteiger partial charge in [-0.1, -0.05) is 23.2 Å². The molecule has 2 aromatic rings. The van der Waals surface area contributed by atoms with Crippen molar-refractivity contribution >= 4 is 56.2 Å². The summed E-state index contributed by atoms with van der Waals surface area (Å²) in [7, 11) is 0. The molecule has 0 aliphatic rings. The summed E-state index contributed by atoms with van der Waals surface area (Å²) in [6.45, 7) is 0.507. The van der Waals surface area contributed by atoms with Gasteiger partial charge in [0.15, 0.2) is 0 Å². The van der Waals surface area contributed by atoms with Crippen LogP contribution in [0.2, 0.25) is 9.36 Å². The topological polar surface area (TPSA) is 12.0 Å². The maximum atomic E-state index is 13.4. The van der Waals surface area contributed by atoms with Crippen LogP contribution < -0.4 is 5.32 Å². The van der Waals surface area contributed by atoms with Gasteiger partial charge in [-0.2, -0.15) is 0 Å². The molecule has 0 bridgehead atoms. The van der Waals surface area contributed by atoms with Gasteiger partial charge in [0.2, 0.25) is 0 Å². The van der Waals surface area contributed by atoms with E-state index in [9.17, 15) is 4.39 Å². The summed E-state index contributed by atoms with van der Waals surface area (Å²) in [4.78, 5) is 1.02. The fourth-order valence-electron chi connectivity index (χ4n) is 1.29. The molecule has 0 atom stereocenters. The fraction of sp³-hybridized carbons (Fsp3) is 0.0909. The third kappa shape index (κ3) is 3.35. The Labute approximate surface area is 121 Å². The number of hydrogen-bond acceptors (Lipinski definition) is 2. The van der Waals surface area contributed by atoms with Crippen LogP contribution in [0.3, 0.4) is 0 Å². The van der Waals surface area contributed by atoms with E-state index >= 15 is 0 Å². The molecule has 1 heterocycles. The third-order valence-corrected chi connectivity index (χ3v) is 4.79. The Morgan fingerprint density at radius 3 is 2.71 bits per heavy atom. The predicted molar refractivity (Wildman–Crippen MR) is 75.8 cm³/mol. The molecule has 0 aliphatic heterocycles. The van der Waals surface area contributed by atoms with Crippen LogP contribution >= 0.6 is 50.5 Å². The van der Waals surface area contributed by atoms with Crippen molar-refractivity contribution < 1.29 is 4.39 Å². The average molecular weight is 355 g/mol. The third-order valence-electron chi connectivity index (χ3n) is 2.08. The van der Waals surface area contributed by atoms with Crippen molar-refractivity contribution in [2.24, 2.45) is 0 Å². The summed E-state index contributed by atoms with van der Waals surface area (Å²) in [5.41, 5.74) is 0.387. The van der Waals surface area contributed by atoms with Gasteiger partial charge in [-0.05, 0) is 40.2 Å². The minimum Gasteiger partial charge on any atom is -0.378 e. The number of hydrogen-bond donors (Lipinski definition) is 1. The highest BCUT2D eigenvalue weighted by Crippen LogP contribution is 2.32. The number of benzene rings is 1. The van der Waals surface area contributed by atoms with Gasteiger partial charge in [-0.3, -0.25) is 0 Å². The predicted octanol–water partition coefficient (Wildman–Crippen LogP) is 5.57. The SMILES string of the molecule is Fc1ccc(Cl)cc1NCc1cc(Br)c(Cl)s1. The molecule has 17 heavy (non-hydrogen) atoms. The van der Waals surface area contributed by atoms with E-state index in [1.54, 1.807) is 6.07 Å². The van der Waals surface area contributed by atoms with Gasteiger partial charge in [0.25, 0.3) is 0 Å². The molecule has 0 radical (unpaired) electrons. The molecule has 0 spiro atoms. The monoisotopic (exact) mass is 353 g/mol.